The highest BCUT2D eigenvalue weighted by atomic mass is 15.2. The maximum absolute atomic E-state index is 5.46. The summed E-state index contributed by atoms with van der Waals surface area (Å²) in [7, 11) is 0. The van der Waals surface area contributed by atoms with Crippen molar-refractivity contribution in [2.45, 2.75) is 5.92 Å². The highest BCUT2D eigenvalue weighted by Gasteiger charge is 2.42. The predicted molar refractivity (Wildman–Crippen MR) is 366 cm³/mol. The molecule has 418 valence electrons. The summed E-state index contributed by atoms with van der Waals surface area (Å²) < 4.78 is 2.45. The molecule has 7 nitrogen and oxygen atoms in total. The monoisotopic (exact) mass is 1140 g/mol. The molecule has 0 spiro atoms. The van der Waals surface area contributed by atoms with Crippen LogP contribution < -0.4 is 14.7 Å². The molecule has 0 fully saturated rings. The first kappa shape index (κ1) is 51.5. The van der Waals surface area contributed by atoms with E-state index in [1.807, 2.05) is 36.4 Å². The molecule has 0 saturated heterocycles. The summed E-state index contributed by atoms with van der Waals surface area (Å²) in [4.78, 5) is 23.4. The normalized spacial score (nSPS) is 13.0. The van der Waals surface area contributed by atoms with Gasteiger partial charge in [0.25, 0.3) is 0 Å². The van der Waals surface area contributed by atoms with E-state index >= 15 is 0 Å². The summed E-state index contributed by atoms with van der Waals surface area (Å²) in [6.07, 6.45) is 0. The minimum atomic E-state index is -0.0380. The molecule has 2 aliphatic rings. The van der Waals surface area contributed by atoms with Gasteiger partial charge in [0.05, 0.1) is 39.5 Å². The van der Waals surface area contributed by atoms with Crippen LogP contribution in [-0.4, -0.2) is 19.5 Å². The zero-order chi connectivity index (χ0) is 58.8. The summed E-state index contributed by atoms with van der Waals surface area (Å²) >= 11 is 0. The van der Waals surface area contributed by atoms with E-state index in [1.54, 1.807) is 0 Å². The molecule has 2 aliphatic heterocycles. The van der Waals surface area contributed by atoms with E-state index in [-0.39, 0.29) is 5.92 Å². The second-order valence-corrected chi connectivity index (χ2v) is 22.7. The van der Waals surface area contributed by atoms with Crippen molar-refractivity contribution in [3.8, 4) is 62.1 Å². The number of aromatic nitrogens is 4. The van der Waals surface area contributed by atoms with Crippen molar-refractivity contribution in [1.29, 1.82) is 0 Å². The summed E-state index contributed by atoms with van der Waals surface area (Å²) in [5.74, 6) is 1.72. The van der Waals surface area contributed by atoms with E-state index < -0.39 is 0 Å². The molecule has 0 bridgehead atoms. The van der Waals surface area contributed by atoms with Gasteiger partial charge in [-0.2, -0.15) is 0 Å². The third-order valence-electron chi connectivity index (χ3n) is 17.6. The van der Waals surface area contributed by atoms with Crippen molar-refractivity contribution in [3.05, 3.63) is 344 Å². The predicted octanol–water partition coefficient (Wildman–Crippen LogP) is 21.5. The van der Waals surface area contributed by atoms with E-state index in [0.29, 0.717) is 17.5 Å². The summed E-state index contributed by atoms with van der Waals surface area (Å²) in [6.45, 7) is 0. The largest absolute Gasteiger partial charge is 0.310 e. The fourth-order valence-corrected chi connectivity index (χ4v) is 13.8. The van der Waals surface area contributed by atoms with Crippen LogP contribution in [0.4, 0.5) is 51.2 Å². The van der Waals surface area contributed by atoms with Gasteiger partial charge in [-0.1, -0.05) is 224 Å². The third kappa shape index (κ3) is 8.70. The van der Waals surface area contributed by atoms with Gasteiger partial charge in [-0.15, -0.1) is 0 Å². The standard InChI is InChI=1S/C82H55N7/c1-7-27-55(28-8-1)80-83-81(56-29-9-2-10-30-56)85-82(84-80)69-45-26-44-64(78(69)89-71-46-22-19-41-66(71)70-54-63(49-51-74(70)89)86(59-33-11-3-12-34-59)60-35-13-4-14-36-60)57-31-25-32-58(53-57)65-50-52-75-77-76(67-42-20-23-47-72(67)87(75)61-37-15-5-16-38-61)68-43-21-24-48-73(68)88(79(65)77)62-39-17-6-18-40-62/h1-54,76H. The van der Waals surface area contributed by atoms with E-state index in [1.165, 1.54) is 22.4 Å². The minimum Gasteiger partial charge on any atom is -0.310 e. The van der Waals surface area contributed by atoms with Crippen LogP contribution in [0.3, 0.4) is 0 Å². The van der Waals surface area contributed by atoms with Gasteiger partial charge in [0.1, 0.15) is 0 Å². The number of fused-ring (bicyclic) bond motifs is 7. The zero-order valence-electron chi connectivity index (χ0n) is 48.4. The number of hydrogen-bond donors (Lipinski definition) is 0. The second kappa shape index (κ2) is 21.5. The summed E-state index contributed by atoms with van der Waals surface area (Å²) in [6, 6.07) is 118. The average molecular weight is 1140 g/mol. The van der Waals surface area contributed by atoms with Crippen molar-refractivity contribution in [3.63, 3.8) is 0 Å². The SMILES string of the molecule is c1ccc(-c2nc(-c3ccccc3)nc(-c3cccc(-c4cccc(-c5ccc6c7c5N(c5ccccc5)c5ccccc5C7c5ccccc5N6c5ccccc5)c4)c3-n3c4ccccc4c4cc(N(c5ccccc5)c5ccccc5)ccc43)n2)cc1. The van der Waals surface area contributed by atoms with Gasteiger partial charge in [0.15, 0.2) is 17.5 Å². The first-order valence-electron chi connectivity index (χ1n) is 30.3. The molecule has 0 aliphatic carbocycles. The Bertz CT molecular complexity index is 5040. The van der Waals surface area contributed by atoms with Gasteiger partial charge in [0.2, 0.25) is 0 Å². The van der Waals surface area contributed by atoms with E-state index in [9.17, 15) is 0 Å². The van der Waals surface area contributed by atoms with Gasteiger partial charge < -0.3 is 19.3 Å². The van der Waals surface area contributed by atoms with Crippen molar-refractivity contribution < 1.29 is 0 Å². The van der Waals surface area contributed by atoms with Crippen LogP contribution in [0.5, 0.6) is 0 Å². The Morgan fingerprint density at radius 1 is 0.281 bits per heavy atom. The molecule has 4 heterocycles. The highest BCUT2D eigenvalue weighted by molar-refractivity contribution is 6.12. The molecule has 13 aromatic carbocycles. The van der Waals surface area contributed by atoms with Crippen LogP contribution in [-0.2, 0) is 0 Å². The molecule has 1 unspecified atom stereocenters. The number of nitrogens with zero attached hydrogens (tertiary/aromatic N) is 7. The molecule has 2 aromatic heterocycles. The lowest BCUT2D eigenvalue weighted by Crippen LogP contribution is -2.29. The third-order valence-corrected chi connectivity index (χ3v) is 17.6. The molecule has 1 atom stereocenters. The number of hydrogen-bond acceptors (Lipinski definition) is 6. The average Bonchev–Trinajstić information content (AvgIpc) is 1.35. The Labute approximate surface area is 516 Å². The fraction of sp³-hybridized carbons (Fsp3) is 0.0122. The lowest BCUT2D eigenvalue weighted by Gasteiger charge is -2.46. The van der Waals surface area contributed by atoms with Gasteiger partial charge in [-0.05, 0) is 125 Å². The molecular formula is C82H55N7. The summed E-state index contributed by atoms with van der Waals surface area (Å²) in [5.41, 5.74) is 23.9. The van der Waals surface area contributed by atoms with E-state index in [0.717, 1.165) is 112 Å². The Morgan fingerprint density at radius 3 is 1.36 bits per heavy atom. The van der Waals surface area contributed by atoms with Crippen molar-refractivity contribution in [1.82, 2.24) is 19.5 Å². The molecule has 15 aromatic rings. The molecule has 0 amide bonds. The van der Waals surface area contributed by atoms with Crippen LogP contribution in [0.25, 0.3) is 83.9 Å². The van der Waals surface area contributed by atoms with E-state index in [4.69, 9.17) is 15.0 Å². The van der Waals surface area contributed by atoms with Crippen LogP contribution in [0, 0.1) is 0 Å². The van der Waals surface area contributed by atoms with Crippen LogP contribution in [0.2, 0.25) is 0 Å². The van der Waals surface area contributed by atoms with E-state index in [2.05, 4.69) is 310 Å². The van der Waals surface area contributed by atoms with Gasteiger partial charge in [0, 0.05) is 78.5 Å². The smallest absolute Gasteiger partial charge is 0.166 e. The Hall–Kier alpha value is -11.9. The summed E-state index contributed by atoms with van der Waals surface area (Å²) in [5, 5.41) is 2.24. The number of anilines is 9. The lowest BCUT2D eigenvalue weighted by atomic mass is 9.74. The molecule has 0 N–H and O–H groups in total. The molecule has 0 radical (unpaired) electrons. The Balaban J connectivity index is 0.930. The Morgan fingerprint density at radius 2 is 0.742 bits per heavy atom. The van der Waals surface area contributed by atoms with Gasteiger partial charge in [-0.3, -0.25) is 0 Å². The lowest BCUT2D eigenvalue weighted by molar-refractivity contribution is 0.909. The first-order chi connectivity index (χ1) is 44.2. The van der Waals surface area contributed by atoms with Gasteiger partial charge >= 0.3 is 0 Å². The van der Waals surface area contributed by atoms with Gasteiger partial charge in [-0.25, -0.2) is 15.0 Å². The number of rotatable bonds is 11. The maximum atomic E-state index is 5.46. The molecule has 0 saturated carbocycles. The molecule has 17 rings (SSSR count). The second-order valence-electron chi connectivity index (χ2n) is 22.7. The van der Waals surface area contributed by atoms with Crippen molar-refractivity contribution >= 4 is 73.0 Å². The quantitative estimate of drug-likeness (QED) is 0.129. The fourth-order valence-electron chi connectivity index (χ4n) is 13.8. The minimum absolute atomic E-state index is 0.0380. The highest BCUT2D eigenvalue weighted by Crippen LogP contribution is 2.62. The van der Waals surface area contributed by atoms with Crippen molar-refractivity contribution in [2.24, 2.45) is 0 Å². The topological polar surface area (TPSA) is 53.3 Å². The number of benzene rings is 13. The molecule has 89 heavy (non-hydrogen) atoms. The number of para-hydroxylation sites is 8. The maximum Gasteiger partial charge on any atom is 0.166 e. The zero-order valence-corrected chi connectivity index (χ0v) is 48.4. The van der Waals surface area contributed by atoms with Crippen LogP contribution >= 0.6 is 0 Å². The van der Waals surface area contributed by atoms with Crippen molar-refractivity contribution in [2.75, 3.05) is 14.7 Å². The Kier molecular flexibility index (Phi) is 12.5. The van der Waals surface area contributed by atoms with Crippen LogP contribution in [0.1, 0.15) is 22.6 Å². The first-order valence-corrected chi connectivity index (χ1v) is 30.3. The molecule has 7 heteroatoms. The molecular weight excluding hydrogens is 1080 g/mol. The van der Waals surface area contributed by atoms with Crippen LogP contribution in [0.15, 0.2) is 328 Å².